The summed E-state index contributed by atoms with van der Waals surface area (Å²) in [5, 5.41) is 0.734. The van der Waals surface area contributed by atoms with Crippen LogP contribution in [0.5, 0.6) is 5.75 Å². The minimum Gasteiger partial charge on any atom is -0.464 e. The molecule has 1 unspecified atom stereocenters. The van der Waals surface area contributed by atoms with Crippen LogP contribution in [-0.2, 0) is 6.42 Å². The smallest absolute Gasteiger partial charge is 0.216 e. The third kappa shape index (κ3) is 3.73. The molecule has 0 spiro atoms. The fourth-order valence-electron chi connectivity index (χ4n) is 2.95. The molecule has 0 bridgehead atoms. The lowest BCUT2D eigenvalue weighted by molar-refractivity contribution is 0.210. The molecular formula is C21H14Br2ClNO. The number of nitrogens with zero attached hydrogens (tertiary/aromatic N) is 1. The van der Waals surface area contributed by atoms with Crippen LogP contribution in [0.15, 0.2) is 80.7 Å². The van der Waals surface area contributed by atoms with E-state index in [1.165, 1.54) is 0 Å². The van der Waals surface area contributed by atoms with Crippen LogP contribution in [0.1, 0.15) is 22.9 Å². The van der Waals surface area contributed by atoms with Crippen molar-refractivity contribution in [2.45, 2.75) is 12.6 Å². The molecule has 1 aliphatic heterocycles. The zero-order valence-corrected chi connectivity index (χ0v) is 17.6. The van der Waals surface area contributed by atoms with Crippen molar-refractivity contribution >= 4 is 49.2 Å². The van der Waals surface area contributed by atoms with Crippen molar-refractivity contribution in [2.75, 3.05) is 0 Å². The van der Waals surface area contributed by atoms with Gasteiger partial charge in [0.25, 0.3) is 0 Å². The molecule has 0 amide bonds. The van der Waals surface area contributed by atoms with E-state index < -0.39 is 0 Å². The predicted molar refractivity (Wildman–Crippen MR) is 113 cm³/mol. The molecule has 4 rings (SSSR count). The average molecular weight is 492 g/mol. The summed E-state index contributed by atoms with van der Waals surface area (Å²) >= 11 is 13.5. The Kier molecular flexibility index (Phi) is 5.16. The summed E-state index contributed by atoms with van der Waals surface area (Å²) in [6.45, 7) is 0. The summed E-state index contributed by atoms with van der Waals surface area (Å²) in [4.78, 5) is 4.89. The summed E-state index contributed by atoms with van der Waals surface area (Å²) in [5.74, 6) is 0.823. The maximum atomic E-state index is 6.41. The number of hydrogen-bond donors (Lipinski definition) is 0. The van der Waals surface area contributed by atoms with Crippen molar-refractivity contribution in [1.29, 1.82) is 0 Å². The molecule has 1 heterocycles. The summed E-state index contributed by atoms with van der Waals surface area (Å²) in [6.07, 6.45) is 0.276. The van der Waals surface area contributed by atoms with Crippen LogP contribution in [-0.4, -0.2) is 5.71 Å². The van der Waals surface area contributed by atoms with Crippen LogP contribution in [0.3, 0.4) is 0 Å². The fraction of sp³-hybridized carbons (Fsp3) is 0.0952. The third-order valence-electron chi connectivity index (χ3n) is 4.22. The van der Waals surface area contributed by atoms with Crippen molar-refractivity contribution in [3.05, 3.63) is 97.4 Å². The van der Waals surface area contributed by atoms with Gasteiger partial charge in [-0.2, -0.15) is 0 Å². The highest BCUT2D eigenvalue weighted by Crippen LogP contribution is 2.35. The van der Waals surface area contributed by atoms with Gasteiger partial charge in [-0.3, -0.25) is 0 Å². The van der Waals surface area contributed by atoms with E-state index in [4.69, 9.17) is 21.3 Å². The maximum Gasteiger partial charge on any atom is 0.216 e. The number of aliphatic imine (C=N–C) groups is 1. The molecule has 0 radical (unpaired) electrons. The first-order chi connectivity index (χ1) is 12.6. The summed E-state index contributed by atoms with van der Waals surface area (Å²) in [7, 11) is 0. The Morgan fingerprint density at radius 1 is 0.923 bits per heavy atom. The van der Waals surface area contributed by atoms with E-state index in [0.717, 1.165) is 42.1 Å². The summed E-state index contributed by atoms with van der Waals surface area (Å²) < 4.78 is 8.14. The fourth-order valence-corrected chi connectivity index (χ4v) is 3.88. The van der Waals surface area contributed by atoms with Crippen molar-refractivity contribution in [3.8, 4) is 5.75 Å². The first kappa shape index (κ1) is 17.8. The molecule has 1 atom stereocenters. The zero-order valence-electron chi connectivity index (χ0n) is 13.6. The highest BCUT2D eigenvalue weighted by molar-refractivity contribution is 9.10. The van der Waals surface area contributed by atoms with Gasteiger partial charge in [0.15, 0.2) is 0 Å². The van der Waals surface area contributed by atoms with Gasteiger partial charge in [-0.1, -0.05) is 73.8 Å². The molecule has 2 nitrogen and oxygen atoms in total. The Morgan fingerprint density at radius 3 is 2.46 bits per heavy atom. The SMILES string of the molecule is Clc1ccc(Br)cc1CC1=NC(c2ccccc2)Oc2cc(Br)ccc21. The monoisotopic (exact) mass is 489 g/mol. The van der Waals surface area contributed by atoms with Gasteiger partial charge in [-0.05, 0) is 42.0 Å². The first-order valence-corrected chi connectivity index (χ1v) is 10.1. The maximum absolute atomic E-state index is 6.41. The lowest BCUT2D eigenvalue weighted by Crippen LogP contribution is -2.19. The van der Waals surface area contributed by atoms with Crippen molar-refractivity contribution in [3.63, 3.8) is 0 Å². The number of fused-ring (bicyclic) bond motifs is 1. The minimum absolute atomic E-state index is 0.362. The first-order valence-electron chi connectivity index (χ1n) is 8.12. The van der Waals surface area contributed by atoms with Crippen molar-refractivity contribution in [2.24, 2.45) is 4.99 Å². The molecule has 1 aliphatic rings. The van der Waals surface area contributed by atoms with Crippen LogP contribution in [0.4, 0.5) is 0 Å². The molecule has 0 aliphatic carbocycles. The van der Waals surface area contributed by atoms with Gasteiger partial charge in [-0.25, -0.2) is 4.99 Å². The van der Waals surface area contributed by atoms with Gasteiger partial charge in [0.2, 0.25) is 6.23 Å². The Balaban J connectivity index is 1.78. The molecule has 130 valence electrons. The molecule has 3 aromatic rings. The molecule has 0 fully saturated rings. The van der Waals surface area contributed by atoms with Gasteiger partial charge in [0, 0.05) is 31.5 Å². The minimum atomic E-state index is -0.362. The second-order valence-electron chi connectivity index (χ2n) is 6.01. The van der Waals surface area contributed by atoms with Crippen LogP contribution >= 0.6 is 43.5 Å². The third-order valence-corrected chi connectivity index (χ3v) is 5.57. The second kappa shape index (κ2) is 7.55. The number of rotatable bonds is 3. The Labute approximate surface area is 174 Å². The van der Waals surface area contributed by atoms with E-state index in [9.17, 15) is 0 Å². The van der Waals surface area contributed by atoms with E-state index in [0.29, 0.717) is 6.42 Å². The Morgan fingerprint density at radius 2 is 1.65 bits per heavy atom. The highest BCUT2D eigenvalue weighted by atomic mass is 79.9. The number of hydrogen-bond acceptors (Lipinski definition) is 2. The molecule has 26 heavy (non-hydrogen) atoms. The van der Waals surface area contributed by atoms with E-state index in [-0.39, 0.29) is 6.23 Å². The van der Waals surface area contributed by atoms with Gasteiger partial charge in [0.05, 0.1) is 5.71 Å². The van der Waals surface area contributed by atoms with Crippen LogP contribution < -0.4 is 4.74 Å². The van der Waals surface area contributed by atoms with Gasteiger partial charge in [-0.15, -0.1) is 0 Å². The number of ether oxygens (including phenoxy) is 1. The standard InChI is InChI=1S/C21H14Br2ClNO/c22-15-7-9-18(24)14(10-15)11-19-17-8-6-16(23)12-20(17)26-21(25-19)13-4-2-1-3-5-13/h1-10,12,21H,11H2. The molecule has 0 saturated carbocycles. The topological polar surface area (TPSA) is 21.6 Å². The van der Waals surface area contributed by atoms with Crippen LogP contribution in [0.25, 0.3) is 0 Å². The lowest BCUT2D eigenvalue weighted by atomic mass is 9.99. The number of benzene rings is 3. The van der Waals surface area contributed by atoms with Crippen LogP contribution in [0.2, 0.25) is 5.02 Å². The highest BCUT2D eigenvalue weighted by Gasteiger charge is 2.24. The Hall–Kier alpha value is -1.62. The molecule has 0 aromatic heterocycles. The van der Waals surface area contributed by atoms with E-state index in [1.54, 1.807) is 0 Å². The van der Waals surface area contributed by atoms with Crippen molar-refractivity contribution < 1.29 is 4.74 Å². The number of halogens is 3. The molecule has 0 saturated heterocycles. The molecule has 3 aromatic carbocycles. The molecular weight excluding hydrogens is 477 g/mol. The second-order valence-corrected chi connectivity index (χ2v) is 8.25. The van der Waals surface area contributed by atoms with Crippen LogP contribution in [0, 0.1) is 0 Å². The predicted octanol–water partition coefficient (Wildman–Crippen LogP) is 6.99. The Bertz CT molecular complexity index is 989. The zero-order chi connectivity index (χ0) is 18.1. The molecule has 5 heteroatoms. The molecule has 0 N–H and O–H groups in total. The van der Waals surface area contributed by atoms with Gasteiger partial charge in [0.1, 0.15) is 5.75 Å². The van der Waals surface area contributed by atoms with E-state index in [2.05, 4.69) is 31.9 Å². The normalized spacial score (nSPS) is 15.8. The van der Waals surface area contributed by atoms with E-state index >= 15 is 0 Å². The van der Waals surface area contributed by atoms with Gasteiger partial charge >= 0.3 is 0 Å². The average Bonchev–Trinajstić information content (AvgIpc) is 2.65. The lowest BCUT2D eigenvalue weighted by Gasteiger charge is -2.25. The van der Waals surface area contributed by atoms with E-state index in [1.807, 2.05) is 66.7 Å². The summed E-state index contributed by atoms with van der Waals surface area (Å²) in [6, 6.07) is 21.9. The summed E-state index contributed by atoms with van der Waals surface area (Å²) in [5.41, 5.74) is 4.02. The van der Waals surface area contributed by atoms with Crippen molar-refractivity contribution in [1.82, 2.24) is 0 Å². The quantitative estimate of drug-likeness (QED) is 0.387. The largest absolute Gasteiger partial charge is 0.464 e. The van der Waals surface area contributed by atoms with Gasteiger partial charge < -0.3 is 4.74 Å².